The van der Waals surface area contributed by atoms with Crippen molar-refractivity contribution in [2.24, 2.45) is 0 Å². The fraction of sp³-hybridized carbons (Fsp3) is 0.364. The predicted octanol–water partition coefficient (Wildman–Crippen LogP) is 0.399. The van der Waals surface area contributed by atoms with Gasteiger partial charge in [-0.1, -0.05) is 18.2 Å². The first-order valence-electron chi connectivity index (χ1n) is 5.05. The van der Waals surface area contributed by atoms with Gasteiger partial charge < -0.3 is 10.5 Å². The first-order valence-corrected chi connectivity index (χ1v) is 6.87. The van der Waals surface area contributed by atoms with Crippen molar-refractivity contribution in [2.45, 2.75) is 6.42 Å². The SMILES string of the molecule is COC(=O)CS(=O)(=O)CCc1ccccc1N. The quantitative estimate of drug-likeness (QED) is 0.609. The van der Waals surface area contributed by atoms with Crippen molar-refractivity contribution in [2.75, 3.05) is 24.3 Å². The number of aryl methyl sites for hydroxylation is 1. The van der Waals surface area contributed by atoms with Crippen LogP contribution >= 0.6 is 0 Å². The molecule has 0 spiro atoms. The second-order valence-corrected chi connectivity index (χ2v) is 5.80. The summed E-state index contributed by atoms with van der Waals surface area (Å²) in [7, 11) is -2.28. The summed E-state index contributed by atoms with van der Waals surface area (Å²) in [5.41, 5.74) is 7.01. The van der Waals surface area contributed by atoms with Gasteiger partial charge >= 0.3 is 5.97 Å². The molecule has 0 saturated carbocycles. The van der Waals surface area contributed by atoms with E-state index in [1.165, 1.54) is 0 Å². The van der Waals surface area contributed by atoms with Gasteiger partial charge in [-0.25, -0.2) is 8.42 Å². The second-order valence-electron chi connectivity index (χ2n) is 3.62. The number of para-hydroxylation sites is 1. The van der Waals surface area contributed by atoms with E-state index in [0.717, 1.165) is 12.7 Å². The van der Waals surface area contributed by atoms with E-state index in [-0.39, 0.29) is 5.75 Å². The number of ether oxygens (including phenoxy) is 1. The Balaban J connectivity index is 2.62. The van der Waals surface area contributed by atoms with Crippen molar-refractivity contribution in [3.05, 3.63) is 29.8 Å². The Kier molecular flexibility index (Phi) is 4.51. The lowest BCUT2D eigenvalue weighted by Crippen LogP contribution is -2.21. The molecule has 0 amide bonds. The normalized spacial score (nSPS) is 11.1. The van der Waals surface area contributed by atoms with Gasteiger partial charge in [-0.15, -0.1) is 0 Å². The molecule has 0 aromatic heterocycles. The molecule has 0 fully saturated rings. The number of nitrogens with two attached hydrogens (primary N) is 1. The number of carbonyl (C=O) groups is 1. The molecule has 0 saturated heterocycles. The highest BCUT2D eigenvalue weighted by molar-refractivity contribution is 7.92. The summed E-state index contributed by atoms with van der Waals surface area (Å²) in [6.07, 6.45) is 0.298. The fourth-order valence-corrected chi connectivity index (χ4v) is 2.49. The Morgan fingerprint density at radius 2 is 2.00 bits per heavy atom. The highest BCUT2D eigenvalue weighted by Crippen LogP contribution is 2.12. The minimum absolute atomic E-state index is 0.115. The van der Waals surface area contributed by atoms with Crippen molar-refractivity contribution in [3.63, 3.8) is 0 Å². The van der Waals surface area contributed by atoms with Crippen molar-refractivity contribution >= 4 is 21.5 Å². The average Bonchev–Trinajstić information content (AvgIpc) is 2.27. The molecule has 0 aliphatic heterocycles. The van der Waals surface area contributed by atoms with Crippen LogP contribution in [0.3, 0.4) is 0 Å². The molecule has 2 N–H and O–H groups in total. The van der Waals surface area contributed by atoms with Crippen LogP contribution in [0.1, 0.15) is 5.56 Å². The summed E-state index contributed by atoms with van der Waals surface area (Å²) < 4.78 is 27.4. The molecule has 0 heterocycles. The number of hydrogen-bond donors (Lipinski definition) is 1. The summed E-state index contributed by atoms with van der Waals surface area (Å²) in [5, 5.41) is 0. The van der Waals surface area contributed by atoms with E-state index < -0.39 is 21.6 Å². The van der Waals surface area contributed by atoms with E-state index in [0.29, 0.717) is 12.1 Å². The zero-order valence-electron chi connectivity index (χ0n) is 9.55. The molecule has 0 radical (unpaired) electrons. The van der Waals surface area contributed by atoms with Gasteiger partial charge in [0.25, 0.3) is 0 Å². The smallest absolute Gasteiger partial charge is 0.320 e. The Bertz CT molecular complexity index is 496. The zero-order chi connectivity index (χ0) is 12.9. The van der Waals surface area contributed by atoms with Crippen molar-refractivity contribution in [1.29, 1.82) is 0 Å². The van der Waals surface area contributed by atoms with Crippen LogP contribution in [0, 0.1) is 0 Å². The van der Waals surface area contributed by atoms with Crippen LogP contribution in [0.15, 0.2) is 24.3 Å². The van der Waals surface area contributed by atoms with Crippen LogP contribution in [0.2, 0.25) is 0 Å². The number of benzene rings is 1. The van der Waals surface area contributed by atoms with Gasteiger partial charge in [0.2, 0.25) is 0 Å². The maximum absolute atomic E-state index is 11.5. The largest absolute Gasteiger partial charge is 0.468 e. The number of carbonyl (C=O) groups excluding carboxylic acids is 1. The van der Waals surface area contributed by atoms with Gasteiger partial charge in [0.1, 0.15) is 5.75 Å². The molecular formula is C11H15NO4S. The van der Waals surface area contributed by atoms with Gasteiger partial charge in [-0.3, -0.25) is 4.79 Å². The third-order valence-electron chi connectivity index (χ3n) is 2.30. The van der Waals surface area contributed by atoms with Crippen LogP contribution in [0.4, 0.5) is 5.69 Å². The molecule has 5 nitrogen and oxygen atoms in total. The standard InChI is InChI=1S/C11H15NO4S/c1-16-11(13)8-17(14,15)7-6-9-4-2-3-5-10(9)12/h2-5H,6-8,12H2,1H3. The molecule has 0 atom stereocenters. The van der Waals surface area contributed by atoms with E-state index in [1.807, 2.05) is 0 Å². The van der Waals surface area contributed by atoms with E-state index >= 15 is 0 Å². The number of rotatable bonds is 5. The van der Waals surface area contributed by atoms with Gasteiger partial charge in [-0.05, 0) is 18.1 Å². The van der Waals surface area contributed by atoms with Gasteiger partial charge in [-0.2, -0.15) is 0 Å². The maximum Gasteiger partial charge on any atom is 0.320 e. The van der Waals surface area contributed by atoms with Crippen LogP contribution < -0.4 is 5.73 Å². The van der Waals surface area contributed by atoms with E-state index in [2.05, 4.69) is 4.74 Å². The lowest BCUT2D eigenvalue weighted by atomic mass is 10.1. The highest BCUT2D eigenvalue weighted by Gasteiger charge is 2.17. The molecule has 6 heteroatoms. The number of hydrogen-bond acceptors (Lipinski definition) is 5. The summed E-state index contributed by atoms with van der Waals surface area (Å²) in [6, 6.07) is 7.05. The minimum atomic E-state index is -3.44. The summed E-state index contributed by atoms with van der Waals surface area (Å²) in [5.74, 6) is -1.45. The number of esters is 1. The summed E-state index contributed by atoms with van der Waals surface area (Å²) >= 11 is 0. The zero-order valence-corrected chi connectivity index (χ0v) is 10.4. The lowest BCUT2D eigenvalue weighted by Gasteiger charge is -2.05. The molecule has 0 aliphatic carbocycles. The topological polar surface area (TPSA) is 86.5 Å². The van der Waals surface area contributed by atoms with Crippen LogP contribution in [-0.2, 0) is 25.8 Å². The third-order valence-corrected chi connectivity index (χ3v) is 3.80. The number of sulfone groups is 1. The van der Waals surface area contributed by atoms with E-state index in [4.69, 9.17) is 5.73 Å². The second kappa shape index (κ2) is 5.67. The van der Waals surface area contributed by atoms with E-state index in [9.17, 15) is 13.2 Å². The summed E-state index contributed by atoms with van der Waals surface area (Å²) in [4.78, 5) is 10.9. The van der Waals surface area contributed by atoms with Crippen molar-refractivity contribution < 1.29 is 17.9 Å². The van der Waals surface area contributed by atoms with Gasteiger partial charge in [0.05, 0.1) is 12.9 Å². The number of anilines is 1. The Labute approximate surface area is 100 Å². The van der Waals surface area contributed by atoms with Crippen LogP contribution in [0.25, 0.3) is 0 Å². The molecule has 17 heavy (non-hydrogen) atoms. The van der Waals surface area contributed by atoms with Crippen LogP contribution in [-0.4, -0.2) is 33.0 Å². The molecule has 94 valence electrons. The lowest BCUT2D eigenvalue weighted by molar-refractivity contribution is -0.137. The summed E-state index contributed by atoms with van der Waals surface area (Å²) in [6.45, 7) is 0. The Morgan fingerprint density at radius 3 is 2.59 bits per heavy atom. The first-order chi connectivity index (χ1) is 7.94. The molecule has 1 aromatic rings. The molecule has 0 unspecified atom stereocenters. The van der Waals surface area contributed by atoms with Gasteiger partial charge in [0.15, 0.2) is 9.84 Å². The molecule has 1 aromatic carbocycles. The predicted molar refractivity (Wildman–Crippen MR) is 65.2 cm³/mol. The average molecular weight is 257 g/mol. The van der Waals surface area contributed by atoms with Crippen molar-refractivity contribution in [1.82, 2.24) is 0 Å². The number of nitrogen functional groups attached to an aromatic ring is 1. The third kappa shape index (κ3) is 4.44. The van der Waals surface area contributed by atoms with Gasteiger partial charge in [0, 0.05) is 5.69 Å². The molecule has 0 bridgehead atoms. The number of methoxy groups -OCH3 is 1. The Hall–Kier alpha value is -1.56. The molecule has 0 aliphatic rings. The molecule has 1 rings (SSSR count). The fourth-order valence-electron chi connectivity index (χ4n) is 1.34. The van der Waals surface area contributed by atoms with E-state index in [1.54, 1.807) is 24.3 Å². The highest BCUT2D eigenvalue weighted by atomic mass is 32.2. The van der Waals surface area contributed by atoms with Crippen molar-refractivity contribution in [3.8, 4) is 0 Å². The molecular weight excluding hydrogens is 242 g/mol. The minimum Gasteiger partial charge on any atom is -0.468 e. The Morgan fingerprint density at radius 1 is 1.35 bits per heavy atom. The maximum atomic E-state index is 11.5. The van der Waals surface area contributed by atoms with Crippen LogP contribution in [0.5, 0.6) is 0 Å². The first kappa shape index (κ1) is 13.5. The monoisotopic (exact) mass is 257 g/mol.